The maximum absolute atomic E-state index is 12.0. The lowest BCUT2D eigenvalue weighted by atomic mass is 10.1. The normalized spacial score (nSPS) is 15.2. The monoisotopic (exact) mass is 354 g/mol. The van der Waals surface area contributed by atoms with Gasteiger partial charge in [0.25, 0.3) is 5.91 Å². The lowest BCUT2D eigenvalue weighted by Gasteiger charge is -2.15. The van der Waals surface area contributed by atoms with Gasteiger partial charge in [-0.1, -0.05) is 94.5 Å². The van der Waals surface area contributed by atoms with Crippen LogP contribution in [-0.2, 0) is 4.79 Å². The van der Waals surface area contributed by atoms with E-state index in [4.69, 9.17) is 0 Å². The van der Waals surface area contributed by atoms with Gasteiger partial charge in [0.1, 0.15) is 5.70 Å². The SMILES string of the molecule is C=C/C=C\C=C(/C)CN1C(=O)NC(=O)/C1=C\c1ccccc1.CC.CC. The summed E-state index contributed by atoms with van der Waals surface area (Å²) in [4.78, 5) is 25.3. The summed E-state index contributed by atoms with van der Waals surface area (Å²) in [5.41, 5.74) is 2.19. The van der Waals surface area contributed by atoms with E-state index in [0.717, 1.165) is 11.1 Å². The molecule has 0 atom stereocenters. The van der Waals surface area contributed by atoms with Crippen molar-refractivity contribution in [2.24, 2.45) is 0 Å². The van der Waals surface area contributed by atoms with Crippen LogP contribution in [0.4, 0.5) is 4.79 Å². The number of amides is 3. The Balaban J connectivity index is 0.00000146. The lowest BCUT2D eigenvalue weighted by Crippen LogP contribution is -2.29. The Labute approximate surface area is 157 Å². The van der Waals surface area contributed by atoms with Crippen LogP contribution in [0.2, 0.25) is 0 Å². The van der Waals surface area contributed by atoms with E-state index in [2.05, 4.69) is 11.9 Å². The summed E-state index contributed by atoms with van der Waals surface area (Å²) < 4.78 is 0. The highest BCUT2D eigenvalue weighted by molar-refractivity contribution is 6.14. The molecule has 0 saturated carbocycles. The van der Waals surface area contributed by atoms with Gasteiger partial charge in [-0.15, -0.1) is 0 Å². The molecule has 0 aromatic heterocycles. The number of nitrogens with zero attached hydrogens (tertiary/aromatic N) is 1. The fourth-order valence-electron chi connectivity index (χ4n) is 2.07. The van der Waals surface area contributed by atoms with Crippen molar-refractivity contribution in [2.75, 3.05) is 6.54 Å². The average molecular weight is 354 g/mol. The quantitative estimate of drug-likeness (QED) is 0.442. The van der Waals surface area contributed by atoms with E-state index in [1.54, 1.807) is 18.2 Å². The molecule has 4 nitrogen and oxygen atoms in total. The zero-order chi connectivity index (χ0) is 19.9. The van der Waals surface area contributed by atoms with E-state index >= 15 is 0 Å². The average Bonchev–Trinajstić information content (AvgIpc) is 2.93. The molecule has 1 aromatic carbocycles. The number of urea groups is 1. The van der Waals surface area contributed by atoms with E-state index in [1.807, 2.05) is 77.1 Å². The predicted octanol–water partition coefficient (Wildman–Crippen LogP) is 5.32. The number of carbonyl (C=O) groups is 2. The van der Waals surface area contributed by atoms with Crippen molar-refractivity contribution < 1.29 is 9.59 Å². The van der Waals surface area contributed by atoms with Gasteiger partial charge in [-0.25, -0.2) is 4.79 Å². The summed E-state index contributed by atoms with van der Waals surface area (Å²) in [6, 6.07) is 9.05. The molecule has 0 aliphatic carbocycles. The molecule has 1 aromatic rings. The molecule has 0 unspecified atom stereocenters. The number of hydrogen-bond acceptors (Lipinski definition) is 2. The Bertz CT molecular complexity index is 671. The highest BCUT2D eigenvalue weighted by atomic mass is 16.2. The zero-order valence-corrected chi connectivity index (χ0v) is 16.5. The topological polar surface area (TPSA) is 49.4 Å². The van der Waals surface area contributed by atoms with Crippen molar-refractivity contribution in [2.45, 2.75) is 34.6 Å². The fourth-order valence-corrected chi connectivity index (χ4v) is 2.07. The van der Waals surface area contributed by atoms with Gasteiger partial charge in [-0.05, 0) is 18.6 Å². The summed E-state index contributed by atoms with van der Waals surface area (Å²) in [7, 11) is 0. The van der Waals surface area contributed by atoms with Crippen LogP contribution in [0.5, 0.6) is 0 Å². The van der Waals surface area contributed by atoms with Crippen molar-refractivity contribution in [3.8, 4) is 0 Å². The second-order valence-corrected chi connectivity index (χ2v) is 4.92. The predicted molar refractivity (Wildman–Crippen MR) is 110 cm³/mol. The molecule has 0 bridgehead atoms. The van der Waals surface area contributed by atoms with Crippen LogP contribution < -0.4 is 5.32 Å². The number of carbonyl (C=O) groups excluding carboxylic acids is 2. The van der Waals surface area contributed by atoms with Crippen molar-refractivity contribution in [1.29, 1.82) is 0 Å². The minimum atomic E-state index is -0.396. The molecule has 4 heteroatoms. The Morgan fingerprint density at radius 1 is 1.08 bits per heavy atom. The van der Waals surface area contributed by atoms with Gasteiger partial charge in [0.15, 0.2) is 0 Å². The first-order chi connectivity index (χ1) is 12.6. The first kappa shape index (κ1) is 23.1. The van der Waals surface area contributed by atoms with Crippen molar-refractivity contribution >= 4 is 18.0 Å². The standard InChI is InChI=1S/C18H18N2O2.2C2H6/c1-3-4-6-9-14(2)13-20-16(17(21)19-18(20)22)12-15-10-7-5-8-11-15;2*1-2/h3-12H,1,13H2,2H3,(H,19,21,22);2*1-2H3/b6-4-,14-9+,16-12+;;. The molecule has 140 valence electrons. The maximum Gasteiger partial charge on any atom is 0.329 e. The van der Waals surface area contributed by atoms with Crippen molar-refractivity contribution in [1.82, 2.24) is 10.2 Å². The number of hydrogen-bond donors (Lipinski definition) is 1. The minimum absolute atomic E-state index is 0.358. The zero-order valence-electron chi connectivity index (χ0n) is 16.5. The van der Waals surface area contributed by atoms with Gasteiger partial charge in [0.05, 0.1) is 0 Å². The summed E-state index contributed by atoms with van der Waals surface area (Å²) in [6.45, 7) is 13.9. The minimum Gasteiger partial charge on any atom is -0.285 e. The Morgan fingerprint density at radius 2 is 1.69 bits per heavy atom. The molecule has 0 spiro atoms. The smallest absolute Gasteiger partial charge is 0.285 e. The first-order valence-corrected chi connectivity index (χ1v) is 8.96. The van der Waals surface area contributed by atoms with Crippen molar-refractivity contribution in [3.63, 3.8) is 0 Å². The molecule has 2 rings (SSSR count). The van der Waals surface area contributed by atoms with Gasteiger partial charge < -0.3 is 0 Å². The maximum atomic E-state index is 12.0. The molecule has 1 aliphatic heterocycles. The second-order valence-electron chi connectivity index (χ2n) is 4.92. The highest BCUT2D eigenvalue weighted by Crippen LogP contribution is 2.18. The Morgan fingerprint density at radius 3 is 2.27 bits per heavy atom. The van der Waals surface area contributed by atoms with Gasteiger partial charge in [-0.2, -0.15) is 0 Å². The van der Waals surface area contributed by atoms with E-state index in [9.17, 15) is 9.59 Å². The molecule has 1 fully saturated rings. The first-order valence-electron chi connectivity index (χ1n) is 8.96. The number of rotatable bonds is 5. The van der Waals surface area contributed by atoms with E-state index in [1.165, 1.54) is 4.90 Å². The molecule has 0 radical (unpaired) electrons. The highest BCUT2D eigenvalue weighted by Gasteiger charge is 2.32. The van der Waals surface area contributed by atoms with E-state index in [0.29, 0.717) is 12.2 Å². The molecule has 26 heavy (non-hydrogen) atoms. The second kappa shape index (κ2) is 13.4. The third-order valence-corrected chi connectivity index (χ3v) is 3.13. The summed E-state index contributed by atoms with van der Waals surface area (Å²) in [5, 5.41) is 2.33. The van der Waals surface area contributed by atoms with Gasteiger partial charge >= 0.3 is 6.03 Å². The van der Waals surface area contributed by atoms with Crippen LogP contribution >= 0.6 is 0 Å². The number of benzene rings is 1. The van der Waals surface area contributed by atoms with Crippen LogP contribution in [-0.4, -0.2) is 23.4 Å². The number of allylic oxidation sites excluding steroid dienone is 4. The molecular weight excluding hydrogens is 324 g/mol. The molecule has 1 aliphatic rings. The van der Waals surface area contributed by atoms with E-state index in [-0.39, 0.29) is 5.91 Å². The molecule has 1 saturated heterocycles. The third kappa shape index (κ3) is 7.34. The van der Waals surface area contributed by atoms with Gasteiger partial charge in [-0.3, -0.25) is 15.0 Å². The fraction of sp³-hybridized carbons (Fsp3) is 0.273. The summed E-state index contributed by atoms with van der Waals surface area (Å²) in [6.07, 6.45) is 8.93. The number of imide groups is 1. The Hall–Kier alpha value is -2.88. The van der Waals surface area contributed by atoms with E-state index < -0.39 is 6.03 Å². The lowest BCUT2D eigenvalue weighted by molar-refractivity contribution is -0.115. The van der Waals surface area contributed by atoms with Crippen LogP contribution in [0.15, 0.2) is 72.5 Å². The summed E-state index contributed by atoms with van der Waals surface area (Å²) >= 11 is 0. The summed E-state index contributed by atoms with van der Waals surface area (Å²) in [5.74, 6) is -0.372. The Kier molecular flexibility index (Phi) is 11.9. The van der Waals surface area contributed by atoms with Crippen LogP contribution in [0.25, 0.3) is 6.08 Å². The number of nitrogens with one attached hydrogen (secondary N) is 1. The van der Waals surface area contributed by atoms with Crippen LogP contribution in [0.1, 0.15) is 40.2 Å². The van der Waals surface area contributed by atoms with Crippen LogP contribution in [0, 0.1) is 0 Å². The van der Waals surface area contributed by atoms with Gasteiger partial charge in [0.2, 0.25) is 0 Å². The molecule has 1 N–H and O–H groups in total. The molecule has 1 heterocycles. The molecular formula is C22H30N2O2. The molecule has 3 amide bonds. The van der Waals surface area contributed by atoms with Gasteiger partial charge in [0, 0.05) is 6.54 Å². The van der Waals surface area contributed by atoms with Crippen molar-refractivity contribution in [3.05, 3.63) is 78.0 Å². The van der Waals surface area contributed by atoms with Crippen LogP contribution in [0.3, 0.4) is 0 Å². The third-order valence-electron chi connectivity index (χ3n) is 3.13. The largest absolute Gasteiger partial charge is 0.329 e.